The van der Waals surface area contributed by atoms with E-state index in [1.165, 1.54) is 16.4 Å². The van der Waals surface area contributed by atoms with Gasteiger partial charge in [0.1, 0.15) is 5.75 Å². The first-order chi connectivity index (χ1) is 13.8. The Balaban J connectivity index is 1.74. The van der Waals surface area contributed by atoms with Crippen LogP contribution >= 0.6 is 15.9 Å². The maximum Gasteiger partial charge on any atom is 0.253 e. The number of piperidine rings is 1. The Morgan fingerprint density at radius 3 is 2.38 bits per heavy atom. The minimum Gasteiger partial charge on any atom is -0.496 e. The minimum atomic E-state index is -3.50. The summed E-state index contributed by atoms with van der Waals surface area (Å²) in [5.41, 5.74) is 1.32. The predicted octanol–water partition coefficient (Wildman–Crippen LogP) is 3.90. The number of rotatable bonds is 6. The number of carbonyl (C=O) groups excluding carboxylic acids is 1. The van der Waals surface area contributed by atoms with Crippen LogP contribution in [0, 0.1) is 0 Å². The summed E-state index contributed by atoms with van der Waals surface area (Å²) in [6.07, 6.45) is 2.84. The first-order valence-electron chi connectivity index (χ1n) is 9.51. The van der Waals surface area contributed by atoms with Crippen molar-refractivity contribution in [3.8, 4) is 5.75 Å². The normalized spacial score (nSPS) is 15.1. The van der Waals surface area contributed by atoms with Crippen LogP contribution in [0.1, 0.15) is 35.2 Å². The zero-order valence-corrected chi connectivity index (χ0v) is 19.0. The highest BCUT2D eigenvalue weighted by Gasteiger charge is 2.26. The molecule has 0 bridgehead atoms. The Labute approximate surface area is 180 Å². The van der Waals surface area contributed by atoms with Gasteiger partial charge in [-0.15, -0.1) is 0 Å². The third-order valence-corrected chi connectivity index (χ3v) is 7.46. The summed E-state index contributed by atoms with van der Waals surface area (Å²) >= 11 is 3.44. The molecule has 0 saturated carbocycles. The van der Waals surface area contributed by atoms with Crippen molar-refractivity contribution in [3.05, 3.63) is 58.1 Å². The molecule has 8 heteroatoms. The highest BCUT2D eigenvalue weighted by Crippen LogP contribution is 2.25. The lowest BCUT2D eigenvalue weighted by atomic mass is 10.1. The van der Waals surface area contributed by atoms with Crippen LogP contribution in [-0.4, -0.2) is 50.8 Å². The molecule has 0 aliphatic carbocycles. The largest absolute Gasteiger partial charge is 0.496 e. The molecule has 1 aliphatic heterocycles. The zero-order valence-electron chi connectivity index (χ0n) is 16.6. The standard InChI is InChI=1S/C21H25BrN2O4S/c1-23(15-17-14-18(22)8-11-20(17)28-2)21(25)16-6-9-19(10-7-16)29(26,27)24-12-4-3-5-13-24/h6-11,14H,3-5,12-13,15H2,1-2H3. The van der Waals surface area contributed by atoms with Crippen LogP contribution in [-0.2, 0) is 16.6 Å². The topological polar surface area (TPSA) is 66.9 Å². The van der Waals surface area contributed by atoms with Gasteiger partial charge in [0.15, 0.2) is 0 Å². The number of amides is 1. The SMILES string of the molecule is COc1ccc(Br)cc1CN(C)C(=O)c1ccc(S(=O)(=O)N2CCCCC2)cc1. The summed E-state index contributed by atoms with van der Waals surface area (Å²) in [5, 5.41) is 0. The smallest absolute Gasteiger partial charge is 0.253 e. The van der Waals surface area contributed by atoms with E-state index < -0.39 is 10.0 Å². The summed E-state index contributed by atoms with van der Waals surface area (Å²) in [5.74, 6) is 0.518. The monoisotopic (exact) mass is 480 g/mol. The second-order valence-corrected chi connectivity index (χ2v) is 9.96. The van der Waals surface area contributed by atoms with Gasteiger partial charge in [0.05, 0.1) is 12.0 Å². The maximum absolute atomic E-state index is 12.8. The van der Waals surface area contributed by atoms with E-state index in [1.54, 1.807) is 31.2 Å². The molecule has 1 aliphatic rings. The fourth-order valence-electron chi connectivity index (χ4n) is 3.44. The predicted molar refractivity (Wildman–Crippen MR) is 116 cm³/mol. The van der Waals surface area contributed by atoms with Crippen molar-refractivity contribution in [2.24, 2.45) is 0 Å². The van der Waals surface area contributed by atoms with Gasteiger partial charge in [0, 0.05) is 42.3 Å². The average Bonchev–Trinajstić information content (AvgIpc) is 2.74. The molecule has 0 N–H and O–H groups in total. The lowest BCUT2D eigenvalue weighted by Crippen LogP contribution is -2.35. The molecule has 6 nitrogen and oxygen atoms in total. The first-order valence-corrected chi connectivity index (χ1v) is 11.7. The van der Waals surface area contributed by atoms with E-state index in [4.69, 9.17) is 4.74 Å². The third kappa shape index (κ3) is 4.99. The number of hydrogen-bond donors (Lipinski definition) is 0. The first kappa shape index (κ1) is 21.8. The van der Waals surface area contributed by atoms with Crippen LogP contribution in [0.25, 0.3) is 0 Å². The van der Waals surface area contributed by atoms with Crippen LogP contribution in [0.2, 0.25) is 0 Å². The Morgan fingerprint density at radius 1 is 1.10 bits per heavy atom. The molecule has 0 atom stereocenters. The molecule has 0 aromatic heterocycles. The highest BCUT2D eigenvalue weighted by atomic mass is 79.9. The molecule has 1 heterocycles. The zero-order chi connectivity index (χ0) is 21.0. The van der Waals surface area contributed by atoms with Crippen molar-refractivity contribution in [1.29, 1.82) is 0 Å². The van der Waals surface area contributed by atoms with Gasteiger partial charge < -0.3 is 9.64 Å². The summed E-state index contributed by atoms with van der Waals surface area (Å²) < 4.78 is 33.3. The van der Waals surface area contributed by atoms with E-state index in [9.17, 15) is 13.2 Å². The second-order valence-electron chi connectivity index (χ2n) is 7.11. The Morgan fingerprint density at radius 2 is 1.76 bits per heavy atom. The van der Waals surface area contributed by atoms with Crippen molar-refractivity contribution in [2.45, 2.75) is 30.7 Å². The van der Waals surface area contributed by atoms with E-state index in [1.807, 2.05) is 18.2 Å². The molecule has 156 valence electrons. The molecule has 2 aromatic rings. The van der Waals surface area contributed by atoms with Gasteiger partial charge in [-0.3, -0.25) is 4.79 Å². The fourth-order valence-corrected chi connectivity index (χ4v) is 5.37. The van der Waals surface area contributed by atoms with Gasteiger partial charge in [0.25, 0.3) is 5.91 Å². The summed E-state index contributed by atoms with van der Waals surface area (Å²) in [6, 6.07) is 11.8. The number of ether oxygens (including phenoxy) is 1. The van der Waals surface area contributed by atoms with Gasteiger partial charge >= 0.3 is 0 Å². The highest BCUT2D eigenvalue weighted by molar-refractivity contribution is 9.10. The van der Waals surface area contributed by atoms with Crippen LogP contribution in [0.3, 0.4) is 0 Å². The van der Waals surface area contributed by atoms with Gasteiger partial charge in [-0.05, 0) is 55.3 Å². The molecule has 2 aromatic carbocycles. The third-order valence-electron chi connectivity index (χ3n) is 5.05. The van der Waals surface area contributed by atoms with Gasteiger partial charge in [0.2, 0.25) is 10.0 Å². The second kappa shape index (κ2) is 9.28. The fraction of sp³-hybridized carbons (Fsp3) is 0.381. The van der Waals surface area contributed by atoms with Crippen LogP contribution < -0.4 is 4.74 Å². The van der Waals surface area contributed by atoms with Crippen molar-refractivity contribution in [3.63, 3.8) is 0 Å². The van der Waals surface area contributed by atoms with Gasteiger partial charge in [-0.1, -0.05) is 22.4 Å². The lowest BCUT2D eigenvalue weighted by Gasteiger charge is -2.26. The number of halogens is 1. The Kier molecular flexibility index (Phi) is 6.97. The summed E-state index contributed by atoms with van der Waals surface area (Å²) in [7, 11) is -0.198. The summed E-state index contributed by atoms with van der Waals surface area (Å²) in [6.45, 7) is 1.48. The van der Waals surface area contributed by atoms with Crippen LogP contribution in [0.5, 0.6) is 5.75 Å². The average molecular weight is 481 g/mol. The quantitative estimate of drug-likeness (QED) is 0.628. The summed E-state index contributed by atoms with van der Waals surface area (Å²) in [4.78, 5) is 14.6. The van der Waals surface area contributed by atoms with Crippen molar-refractivity contribution >= 4 is 31.9 Å². The molecule has 29 heavy (non-hydrogen) atoms. The molecule has 0 radical (unpaired) electrons. The van der Waals surface area contributed by atoms with Gasteiger partial charge in [-0.2, -0.15) is 4.31 Å². The molecule has 1 saturated heterocycles. The molecule has 0 spiro atoms. The molecule has 3 rings (SSSR count). The van der Waals surface area contributed by atoms with Crippen molar-refractivity contribution < 1.29 is 17.9 Å². The molecule has 1 fully saturated rings. The molecule has 0 unspecified atom stereocenters. The number of hydrogen-bond acceptors (Lipinski definition) is 4. The van der Waals surface area contributed by atoms with E-state index in [0.717, 1.165) is 29.3 Å². The van der Waals surface area contributed by atoms with Crippen LogP contribution in [0.4, 0.5) is 0 Å². The van der Waals surface area contributed by atoms with Crippen molar-refractivity contribution in [2.75, 3.05) is 27.2 Å². The Bertz CT molecular complexity index is 971. The maximum atomic E-state index is 12.8. The lowest BCUT2D eigenvalue weighted by molar-refractivity contribution is 0.0784. The van der Waals surface area contributed by atoms with Crippen molar-refractivity contribution in [1.82, 2.24) is 9.21 Å². The number of benzene rings is 2. The van der Waals surface area contributed by atoms with E-state index in [2.05, 4.69) is 15.9 Å². The number of carbonyl (C=O) groups is 1. The molecular weight excluding hydrogens is 456 g/mol. The van der Waals surface area contributed by atoms with E-state index in [0.29, 0.717) is 30.9 Å². The number of nitrogens with zero attached hydrogens (tertiary/aromatic N) is 2. The molecule has 1 amide bonds. The molecular formula is C21H25BrN2O4S. The number of methoxy groups -OCH3 is 1. The van der Waals surface area contributed by atoms with Crippen LogP contribution in [0.15, 0.2) is 51.8 Å². The van der Waals surface area contributed by atoms with E-state index >= 15 is 0 Å². The van der Waals surface area contributed by atoms with Gasteiger partial charge in [-0.25, -0.2) is 8.42 Å². The number of sulfonamides is 1. The minimum absolute atomic E-state index is 0.186. The van der Waals surface area contributed by atoms with E-state index in [-0.39, 0.29) is 10.8 Å². The Hall–Kier alpha value is -1.90.